The highest BCUT2D eigenvalue weighted by molar-refractivity contribution is 6.32. The van der Waals surface area contributed by atoms with Crippen LogP contribution in [0.5, 0.6) is 0 Å². The lowest BCUT2D eigenvalue weighted by atomic mass is 10.1. The molecule has 1 heterocycles. The van der Waals surface area contributed by atoms with Crippen molar-refractivity contribution < 1.29 is 5.11 Å². The summed E-state index contributed by atoms with van der Waals surface area (Å²) in [5, 5.41) is 16.6. The highest BCUT2D eigenvalue weighted by Crippen LogP contribution is 2.32. The van der Waals surface area contributed by atoms with Crippen LogP contribution in [0.1, 0.15) is 6.42 Å². The standard InChI is InChI=1S/C16H14Cl2N2O/c17-10-2-4-12-13-5-3-11(18)9-15(13)20-16(14(12)8-10)19-6-1-7-21/h2-5,8-9,21H,1,6-7H2,(H,19,20). The van der Waals surface area contributed by atoms with Crippen LogP contribution in [-0.2, 0) is 0 Å². The smallest absolute Gasteiger partial charge is 0.134 e. The Balaban J connectivity index is 2.23. The second kappa shape index (κ2) is 6.06. The summed E-state index contributed by atoms with van der Waals surface area (Å²) in [5.74, 6) is 0.760. The molecule has 3 aromatic rings. The minimum Gasteiger partial charge on any atom is -0.396 e. The molecule has 0 unspecified atom stereocenters. The second-order valence-corrected chi connectivity index (χ2v) is 5.69. The topological polar surface area (TPSA) is 45.1 Å². The maximum Gasteiger partial charge on any atom is 0.134 e. The minimum atomic E-state index is 0.144. The van der Waals surface area contributed by atoms with E-state index in [2.05, 4.69) is 10.3 Å². The molecule has 0 bridgehead atoms. The fourth-order valence-electron chi connectivity index (χ4n) is 2.37. The summed E-state index contributed by atoms with van der Waals surface area (Å²) >= 11 is 12.2. The zero-order chi connectivity index (χ0) is 14.8. The van der Waals surface area contributed by atoms with Gasteiger partial charge in [0, 0.05) is 34.0 Å². The van der Waals surface area contributed by atoms with Crippen molar-refractivity contribution in [3.05, 3.63) is 46.4 Å². The Bertz CT molecular complexity index is 805. The monoisotopic (exact) mass is 320 g/mol. The molecule has 2 aromatic carbocycles. The Kier molecular flexibility index (Phi) is 4.15. The first-order chi connectivity index (χ1) is 10.2. The van der Waals surface area contributed by atoms with Crippen LogP contribution in [-0.4, -0.2) is 23.2 Å². The van der Waals surface area contributed by atoms with Gasteiger partial charge < -0.3 is 10.4 Å². The van der Waals surface area contributed by atoms with E-state index in [4.69, 9.17) is 28.3 Å². The van der Waals surface area contributed by atoms with Crippen molar-refractivity contribution in [2.45, 2.75) is 6.42 Å². The maximum absolute atomic E-state index is 8.91. The van der Waals surface area contributed by atoms with Gasteiger partial charge in [0.2, 0.25) is 0 Å². The molecule has 0 saturated heterocycles. The Morgan fingerprint density at radius 1 is 0.952 bits per heavy atom. The lowest BCUT2D eigenvalue weighted by Gasteiger charge is -2.12. The van der Waals surface area contributed by atoms with Crippen LogP contribution < -0.4 is 5.32 Å². The lowest BCUT2D eigenvalue weighted by molar-refractivity contribution is 0.292. The Labute approximate surface area is 132 Å². The normalized spacial score (nSPS) is 11.2. The van der Waals surface area contributed by atoms with Gasteiger partial charge in [0.15, 0.2) is 0 Å². The molecule has 0 radical (unpaired) electrons. The number of nitrogens with zero attached hydrogens (tertiary/aromatic N) is 1. The molecular weight excluding hydrogens is 307 g/mol. The predicted molar refractivity (Wildman–Crippen MR) is 89.5 cm³/mol. The van der Waals surface area contributed by atoms with Gasteiger partial charge in [0.25, 0.3) is 0 Å². The molecule has 0 atom stereocenters. The Morgan fingerprint density at radius 3 is 2.43 bits per heavy atom. The van der Waals surface area contributed by atoms with Gasteiger partial charge >= 0.3 is 0 Å². The van der Waals surface area contributed by atoms with E-state index in [1.807, 2.05) is 36.4 Å². The van der Waals surface area contributed by atoms with Gasteiger partial charge in [0.05, 0.1) is 5.52 Å². The molecule has 0 aliphatic rings. The molecule has 0 amide bonds. The summed E-state index contributed by atoms with van der Waals surface area (Å²) in [6, 6.07) is 11.4. The third-order valence-electron chi connectivity index (χ3n) is 3.35. The van der Waals surface area contributed by atoms with Gasteiger partial charge in [-0.25, -0.2) is 4.98 Å². The predicted octanol–water partition coefficient (Wildman–Crippen LogP) is 4.49. The van der Waals surface area contributed by atoms with E-state index in [0.29, 0.717) is 23.0 Å². The fraction of sp³-hybridized carbons (Fsp3) is 0.188. The van der Waals surface area contributed by atoms with Crippen LogP contribution in [0.2, 0.25) is 10.0 Å². The molecule has 0 saturated carbocycles. The van der Waals surface area contributed by atoms with Gasteiger partial charge in [-0.2, -0.15) is 0 Å². The van der Waals surface area contributed by atoms with Crippen LogP contribution in [0.3, 0.4) is 0 Å². The highest BCUT2D eigenvalue weighted by Gasteiger charge is 2.09. The van der Waals surface area contributed by atoms with Crippen molar-refractivity contribution in [1.29, 1.82) is 0 Å². The molecular formula is C16H14Cl2N2O. The summed E-state index contributed by atoms with van der Waals surface area (Å²) in [6.07, 6.45) is 0.664. The highest BCUT2D eigenvalue weighted by atomic mass is 35.5. The third-order valence-corrected chi connectivity index (χ3v) is 3.82. The number of aliphatic hydroxyl groups excluding tert-OH is 1. The van der Waals surface area contributed by atoms with E-state index < -0.39 is 0 Å². The number of fused-ring (bicyclic) bond motifs is 3. The van der Waals surface area contributed by atoms with Crippen molar-refractivity contribution in [1.82, 2.24) is 4.98 Å². The number of pyridine rings is 1. The molecule has 5 heteroatoms. The number of rotatable bonds is 4. The SMILES string of the molecule is OCCCNc1nc2cc(Cl)ccc2c2ccc(Cl)cc12. The van der Waals surface area contributed by atoms with E-state index in [0.717, 1.165) is 27.5 Å². The molecule has 1 aromatic heterocycles. The number of hydrogen-bond donors (Lipinski definition) is 2. The molecule has 2 N–H and O–H groups in total. The number of halogens is 2. The van der Waals surface area contributed by atoms with Crippen molar-refractivity contribution in [3.8, 4) is 0 Å². The number of aliphatic hydroxyl groups is 1. The molecule has 0 aliphatic heterocycles. The van der Waals surface area contributed by atoms with Gasteiger partial charge in [-0.1, -0.05) is 35.3 Å². The maximum atomic E-state index is 8.91. The number of nitrogens with one attached hydrogen (secondary N) is 1. The number of hydrogen-bond acceptors (Lipinski definition) is 3. The third kappa shape index (κ3) is 2.91. The first-order valence-corrected chi connectivity index (χ1v) is 7.48. The van der Waals surface area contributed by atoms with Gasteiger partial charge in [-0.3, -0.25) is 0 Å². The molecule has 108 valence electrons. The van der Waals surface area contributed by atoms with Crippen LogP contribution >= 0.6 is 23.2 Å². The van der Waals surface area contributed by atoms with Crippen LogP contribution in [0, 0.1) is 0 Å². The first-order valence-electron chi connectivity index (χ1n) is 6.72. The van der Waals surface area contributed by atoms with Crippen molar-refractivity contribution in [2.24, 2.45) is 0 Å². The zero-order valence-electron chi connectivity index (χ0n) is 11.2. The first kappa shape index (κ1) is 14.4. The summed E-state index contributed by atoms with van der Waals surface area (Å²) in [7, 11) is 0. The average Bonchev–Trinajstić information content (AvgIpc) is 2.47. The van der Waals surface area contributed by atoms with Crippen LogP contribution in [0.15, 0.2) is 36.4 Å². The van der Waals surface area contributed by atoms with Crippen molar-refractivity contribution in [2.75, 3.05) is 18.5 Å². The average molecular weight is 321 g/mol. The minimum absolute atomic E-state index is 0.144. The molecule has 0 aliphatic carbocycles. The molecule has 0 fully saturated rings. The quantitative estimate of drug-likeness (QED) is 0.550. The summed E-state index contributed by atoms with van der Waals surface area (Å²) < 4.78 is 0. The molecule has 0 spiro atoms. The molecule has 21 heavy (non-hydrogen) atoms. The van der Waals surface area contributed by atoms with Gasteiger partial charge in [0.1, 0.15) is 5.82 Å². The molecule has 3 nitrogen and oxygen atoms in total. The number of anilines is 1. The second-order valence-electron chi connectivity index (χ2n) is 4.82. The largest absolute Gasteiger partial charge is 0.396 e. The van der Waals surface area contributed by atoms with Crippen LogP contribution in [0.25, 0.3) is 21.7 Å². The van der Waals surface area contributed by atoms with E-state index in [1.54, 1.807) is 0 Å². The van der Waals surface area contributed by atoms with Crippen molar-refractivity contribution in [3.63, 3.8) is 0 Å². The van der Waals surface area contributed by atoms with Gasteiger partial charge in [-0.15, -0.1) is 0 Å². The van der Waals surface area contributed by atoms with Crippen LogP contribution in [0.4, 0.5) is 5.82 Å². The number of aromatic nitrogens is 1. The summed E-state index contributed by atoms with van der Waals surface area (Å²) in [6.45, 7) is 0.794. The Hall–Kier alpha value is -1.55. The van der Waals surface area contributed by atoms with Gasteiger partial charge in [-0.05, 0) is 36.1 Å². The Morgan fingerprint density at radius 2 is 1.67 bits per heavy atom. The lowest BCUT2D eigenvalue weighted by Crippen LogP contribution is -2.05. The summed E-state index contributed by atoms with van der Waals surface area (Å²) in [4.78, 5) is 4.64. The zero-order valence-corrected chi connectivity index (χ0v) is 12.7. The van der Waals surface area contributed by atoms with E-state index in [-0.39, 0.29) is 6.61 Å². The van der Waals surface area contributed by atoms with Crippen molar-refractivity contribution >= 4 is 50.7 Å². The number of benzene rings is 2. The fourth-order valence-corrected chi connectivity index (χ4v) is 2.71. The molecule has 3 rings (SSSR count). The van der Waals surface area contributed by atoms with E-state index in [9.17, 15) is 0 Å². The van der Waals surface area contributed by atoms with E-state index >= 15 is 0 Å². The van der Waals surface area contributed by atoms with E-state index in [1.165, 1.54) is 0 Å². The summed E-state index contributed by atoms with van der Waals surface area (Å²) in [5.41, 5.74) is 0.837.